The summed E-state index contributed by atoms with van der Waals surface area (Å²) in [6.45, 7) is 7.24. The number of amidine groups is 1. The molecule has 35 heavy (non-hydrogen) atoms. The Morgan fingerprint density at radius 1 is 1.23 bits per heavy atom. The number of carbonyl (C=O) groups excluding carboxylic acids is 1. The van der Waals surface area contributed by atoms with Gasteiger partial charge >= 0.3 is 5.97 Å². The maximum Gasteiger partial charge on any atom is 0.360 e. The smallest absolute Gasteiger partial charge is 0.360 e. The van der Waals surface area contributed by atoms with E-state index >= 15 is 0 Å². The minimum atomic E-state index is -1.33. The van der Waals surface area contributed by atoms with Gasteiger partial charge in [0.1, 0.15) is 35.0 Å². The predicted octanol–water partition coefficient (Wildman–Crippen LogP) is 5.48. The van der Waals surface area contributed by atoms with E-state index in [4.69, 9.17) is 21.1 Å². The topological polar surface area (TPSA) is 90.6 Å². The molecule has 184 valence electrons. The molecule has 0 spiro atoms. The Kier molecular flexibility index (Phi) is 7.02. The molecule has 1 aromatic carbocycles. The van der Waals surface area contributed by atoms with Gasteiger partial charge in [0.15, 0.2) is 5.69 Å². The van der Waals surface area contributed by atoms with Gasteiger partial charge < -0.3 is 14.8 Å². The quantitative estimate of drug-likeness (QED) is 0.192. The van der Waals surface area contributed by atoms with Crippen LogP contribution in [-0.2, 0) is 16.2 Å². The molecule has 0 atom stereocenters. The van der Waals surface area contributed by atoms with Crippen LogP contribution in [0.5, 0.6) is 0 Å². The lowest BCUT2D eigenvalue weighted by atomic mass is 10.1. The van der Waals surface area contributed by atoms with Gasteiger partial charge in [-0.2, -0.15) is 5.10 Å². The van der Waals surface area contributed by atoms with Gasteiger partial charge in [-0.3, -0.25) is 0 Å². The maximum absolute atomic E-state index is 14.7. The van der Waals surface area contributed by atoms with Crippen molar-refractivity contribution in [3.8, 4) is 11.3 Å². The van der Waals surface area contributed by atoms with Crippen LogP contribution >= 0.6 is 11.6 Å². The molecule has 0 unspecified atom stereocenters. The van der Waals surface area contributed by atoms with Crippen molar-refractivity contribution in [3.63, 3.8) is 0 Å². The highest BCUT2D eigenvalue weighted by Gasteiger charge is 2.31. The third kappa shape index (κ3) is 5.26. The van der Waals surface area contributed by atoms with Crippen LogP contribution in [0, 0.1) is 11.6 Å². The van der Waals surface area contributed by atoms with Crippen LogP contribution in [0.2, 0.25) is 30.8 Å². The molecule has 0 fully saturated rings. The molecule has 0 radical (unpaired) electrons. The lowest BCUT2D eigenvalue weighted by Gasteiger charge is -2.16. The fourth-order valence-corrected chi connectivity index (χ4v) is 4.43. The summed E-state index contributed by atoms with van der Waals surface area (Å²) in [4.78, 5) is 21.2. The molecule has 8 nitrogen and oxygen atoms in total. The third-order valence-electron chi connectivity index (χ3n) is 5.32. The summed E-state index contributed by atoms with van der Waals surface area (Å²) in [7, 11) is -0.119. The van der Waals surface area contributed by atoms with Crippen molar-refractivity contribution >= 4 is 42.9 Å². The van der Waals surface area contributed by atoms with Gasteiger partial charge in [0, 0.05) is 20.2 Å². The number of anilines is 1. The number of aliphatic imine (C=N–C) groups is 1. The number of esters is 1. The highest BCUT2D eigenvalue weighted by atomic mass is 35.5. The van der Waals surface area contributed by atoms with E-state index in [9.17, 15) is 13.6 Å². The minimum Gasteiger partial charge on any atom is -0.464 e. The standard InChI is InChI=1S/C23H24ClF2N5O3Si/c1-33-23(32)20-19-21(31(30-20)12-34-8-9-35(2,3)4)13-10-17(24)27-11-16(13)28-22(29-19)18-14(25)6-5-7-15(18)26/h5-7,10-11H,8-9,12H2,1-4H3,(H,28,29). The molecule has 0 saturated carbocycles. The van der Waals surface area contributed by atoms with Crippen molar-refractivity contribution in [1.82, 2.24) is 14.8 Å². The Morgan fingerprint density at radius 3 is 2.60 bits per heavy atom. The van der Waals surface area contributed by atoms with Crippen LogP contribution in [0.4, 0.5) is 20.2 Å². The van der Waals surface area contributed by atoms with Crippen molar-refractivity contribution in [2.45, 2.75) is 32.4 Å². The number of carbonyl (C=O) groups is 1. The molecular weight excluding hydrogens is 496 g/mol. The first-order valence-electron chi connectivity index (χ1n) is 10.8. The largest absolute Gasteiger partial charge is 0.464 e. The molecule has 0 bridgehead atoms. The molecule has 3 heterocycles. The van der Waals surface area contributed by atoms with E-state index in [1.165, 1.54) is 24.1 Å². The summed E-state index contributed by atoms with van der Waals surface area (Å²) in [6.07, 6.45) is 1.42. The normalized spacial score (nSPS) is 12.8. The molecule has 0 aliphatic carbocycles. The highest BCUT2D eigenvalue weighted by molar-refractivity contribution is 6.76. The van der Waals surface area contributed by atoms with Gasteiger partial charge in [0.05, 0.1) is 30.3 Å². The first-order valence-corrected chi connectivity index (χ1v) is 14.9. The molecule has 0 amide bonds. The fourth-order valence-electron chi connectivity index (χ4n) is 3.52. The van der Waals surface area contributed by atoms with Crippen molar-refractivity contribution in [2.24, 2.45) is 4.99 Å². The van der Waals surface area contributed by atoms with E-state index < -0.39 is 31.2 Å². The van der Waals surface area contributed by atoms with Gasteiger partial charge in [0.25, 0.3) is 0 Å². The molecule has 1 aliphatic heterocycles. The SMILES string of the molecule is COC(=O)c1nn(COCC[Si](C)(C)C)c2c1N=C(c1c(F)cccc1F)Nc1cnc(Cl)cc1-2. The number of nitrogens with one attached hydrogen (secondary N) is 1. The summed E-state index contributed by atoms with van der Waals surface area (Å²) in [6, 6.07) is 5.98. The number of halogens is 3. The first kappa shape index (κ1) is 25.0. The molecule has 1 N–H and O–H groups in total. The Balaban J connectivity index is 1.90. The number of fused-ring (bicyclic) bond motifs is 3. The van der Waals surface area contributed by atoms with Crippen molar-refractivity contribution in [2.75, 3.05) is 19.0 Å². The lowest BCUT2D eigenvalue weighted by molar-refractivity contribution is 0.0584. The summed E-state index contributed by atoms with van der Waals surface area (Å²) in [5.74, 6) is -2.58. The van der Waals surface area contributed by atoms with E-state index in [1.54, 1.807) is 6.07 Å². The molecule has 1 aliphatic rings. The maximum atomic E-state index is 14.7. The summed E-state index contributed by atoms with van der Waals surface area (Å²) >= 11 is 6.18. The molecular formula is C23H24ClF2N5O3Si. The lowest BCUT2D eigenvalue weighted by Crippen LogP contribution is -2.22. The Bertz CT molecular complexity index is 1300. The predicted molar refractivity (Wildman–Crippen MR) is 132 cm³/mol. The van der Waals surface area contributed by atoms with Crippen LogP contribution < -0.4 is 5.32 Å². The summed E-state index contributed by atoms with van der Waals surface area (Å²) in [5.41, 5.74) is 0.763. The molecule has 0 saturated heterocycles. The number of nitrogens with zero attached hydrogens (tertiary/aromatic N) is 4. The van der Waals surface area contributed by atoms with Gasteiger partial charge in [-0.05, 0) is 24.2 Å². The van der Waals surface area contributed by atoms with Crippen LogP contribution in [-0.4, -0.2) is 48.4 Å². The number of ether oxygens (including phenoxy) is 2. The van der Waals surface area contributed by atoms with Gasteiger partial charge in [-0.25, -0.2) is 28.2 Å². The molecule has 3 aromatic rings. The third-order valence-corrected chi connectivity index (χ3v) is 7.23. The monoisotopic (exact) mass is 519 g/mol. The number of pyridine rings is 1. The van der Waals surface area contributed by atoms with Crippen molar-refractivity contribution in [3.05, 3.63) is 58.5 Å². The fraction of sp³-hybridized carbons (Fsp3) is 0.304. The Morgan fingerprint density at radius 2 is 1.94 bits per heavy atom. The number of benzene rings is 1. The highest BCUT2D eigenvalue weighted by Crippen LogP contribution is 2.41. The van der Waals surface area contributed by atoms with E-state index in [1.807, 2.05) is 0 Å². The Hall–Kier alpha value is -3.15. The second-order valence-electron chi connectivity index (χ2n) is 9.12. The van der Waals surface area contributed by atoms with Crippen LogP contribution in [0.1, 0.15) is 16.1 Å². The van der Waals surface area contributed by atoms with Crippen molar-refractivity contribution in [1.29, 1.82) is 0 Å². The average molecular weight is 520 g/mol. The van der Waals surface area contributed by atoms with Gasteiger partial charge in [-0.1, -0.05) is 37.3 Å². The number of rotatable bonds is 7. The van der Waals surface area contributed by atoms with Crippen LogP contribution in [0.15, 0.2) is 35.5 Å². The second kappa shape index (κ2) is 9.84. The van der Waals surface area contributed by atoms with Gasteiger partial charge in [0.2, 0.25) is 0 Å². The van der Waals surface area contributed by atoms with E-state index in [-0.39, 0.29) is 29.1 Å². The first-order chi connectivity index (χ1) is 16.6. The molecule has 12 heteroatoms. The zero-order chi connectivity index (χ0) is 25.3. The van der Waals surface area contributed by atoms with Crippen LogP contribution in [0.3, 0.4) is 0 Å². The number of methoxy groups -OCH3 is 1. The van der Waals surface area contributed by atoms with Crippen LogP contribution in [0.25, 0.3) is 11.3 Å². The summed E-state index contributed by atoms with van der Waals surface area (Å²) in [5, 5.41) is 7.49. The van der Waals surface area contributed by atoms with E-state index in [2.05, 4.69) is 40.0 Å². The van der Waals surface area contributed by atoms with Crippen molar-refractivity contribution < 1.29 is 23.0 Å². The second-order valence-corrected chi connectivity index (χ2v) is 15.1. The zero-order valence-corrected chi connectivity index (χ0v) is 21.4. The Labute approximate surface area is 207 Å². The van der Waals surface area contributed by atoms with E-state index in [0.717, 1.165) is 18.2 Å². The number of aromatic nitrogens is 3. The number of hydrogen-bond donors (Lipinski definition) is 1. The van der Waals surface area contributed by atoms with Gasteiger partial charge in [-0.15, -0.1) is 0 Å². The zero-order valence-electron chi connectivity index (χ0n) is 19.7. The minimum absolute atomic E-state index is 0.0160. The average Bonchev–Trinajstić information content (AvgIpc) is 3.05. The molecule has 2 aromatic heterocycles. The molecule has 4 rings (SSSR count). The number of hydrogen-bond acceptors (Lipinski definition) is 7. The summed E-state index contributed by atoms with van der Waals surface area (Å²) < 4.78 is 41.6. The van der Waals surface area contributed by atoms with E-state index in [0.29, 0.717) is 23.6 Å².